The smallest absolute Gasteiger partial charge is 0.441 e. The van der Waals surface area contributed by atoms with Crippen molar-refractivity contribution in [1.82, 2.24) is 9.72 Å². The van der Waals surface area contributed by atoms with Crippen LogP contribution >= 0.6 is 0 Å². The zero-order valence-electron chi connectivity index (χ0n) is 10.9. The summed E-state index contributed by atoms with van der Waals surface area (Å²) in [5.41, 5.74) is 0. The summed E-state index contributed by atoms with van der Waals surface area (Å²) in [5.74, 6) is -0.221. The molecule has 0 fully saturated rings. The molecule has 6 heteroatoms. The Morgan fingerprint density at radius 1 is 1.56 bits per heavy atom. The van der Waals surface area contributed by atoms with Crippen LogP contribution in [0.4, 0.5) is 0 Å². The third-order valence-electron chi connectivity index (χ3n) is 2.69. The number of rotatable bonds is 6. The van der Waals surface area contributed by atoms with E-state index < -0.39 is 5.76 Å². The van der Waals surface area contributed by atoms with Crippen LogP contribution in [0.5, 0.6) is 0 Å². The lowest BCUT2D eigenvalue weighted by Gasteiger charge is -2.06. The molecule has 0 aliphatic heterocycles. The van der Waals surface area contributed by atoms with Gasteiger partial charge in [0, 0.05) is 6.54 Å². The summed E-state index contributed by atoms with van der Waals surface area (Å²) in [6.07, 6.45) is 5.27. The molecule has 0 spiro atoms. The van der Waals surface area contributed by atoms with Crippen LogP contribution in [0.3, 0.4) is 0 Å². The van der Waals surface area contributed by atoms with E-state index >= 15 is 0 Å². The minimum Gasteiger partial charge on any atom is -0.469 e. The molecular weight excluding hydrogens is 236 g/mol. The van der Waals surface area contributed by atoms with Gasteiger partial charge in [-0.05, 0) is 19.8 Å². The fourth-order valence-corrected chi connectivity index (χ4v) is 1.51. The van der Waals surface area contributed by atoms with Gasteiger partial charge >= 0.3 is 11.7 Å². The van der Waals surface area contributed by atoms with Gasteiger partial charge in [0.05, 0.1) is 13.0 Å². The highest BCUT2D eigenvalue weighted by Gasteiger charge is 2.11. The maximum Gasteiger partial charge on any atom is 0.441 e. The molecule has 100 valence electrons. The number of esters is 1. The highest BCUT2D eigenvalue weighted by Crippen LogP contribution is 2.07. The molecule has 0 aromatic carbocycles. The topological polar surface area (TPSA) is 74.3 Å². The second-order valence-corrected chi connectivity index (χ2v) is 4.08. The van der Waals surface area contributed by atoms with Crippen LogP contribution in [0.1, 0.15) is 25.6 Å². The Labute approximate surface area is 105 Å². The first kappa shape index (κ1) is 14.2. The largest absolute Gasteiger partial charge is 0.469 e. The number of nitrogens with zero attached hydrogens (tertiary/aromatic N) is 2. The summed E-state index contributed by atoms with van der Waals surface area (Å²) < 4.78 is 10.6. The van der Waals surface area contributed by atoms with E-state index in [0.717, 1.165) is 12.8 Å². The number of hydrogen-bond acceptors (Lipinski definition) is 5. The van der Waals surface area contributed by atoms with E-state index in [1.807, 2.05) is 19.1 Å². The Hall–Kier alpha value is -1.85. The maximum absolute atomic E-state index is 11.2. The molecule has 0 aliphatic carbocycles. The quantitative estimate of drug-likeness (QED) is 0.565. The normalized spacial score (nSPS) is 12.8. The molecule has 0 bridgehead atoms. The van der Waals surface area contributed by atoms with Gasteiger partial charge in [0.15, 0.2) is 5.82 Å². The zero-order valence-corrected chi connectivity index (χ0v) is 10.9. The summed E-state index contributed by atoms with van der Waals surface area (Å²) in [7, 11) is 1.38. The molecule has 0 saturated heterocycles. The third-order valence-corrected chi connectivity index (χ3v) is 2.69. The molecule has 1 rings (SSSR count). The third kappa shape index (κ3) is 3.87. The van der Waals surface area contributed by atoms with Crippen LogP contribution in [0.25, 0.3) is 0 Å². The fraction of sp³-hybridized carbons (Fsp3) is 0.583. The van der Waals surface area contributed by atoms with Gasteiger partial charge < -0.3 is 4.74 Å². The van der Waals surface area contributed by atoms with E-state index in [9.17, 15) is 9.59 Å². The van der Waals surface area contributed by atoms with Crippen molar-refractivity contribution in [3.8, 4) is 0 Å². The molecule has 1 atom stereocenters. The van der Waals surface area contributed by atoms with E-state index in [0.29, 0.717) is 12.4 Å². The summed E-state index contributed by atoms with van der Waals surface area (Å²) in [6, 6.07) is 0. The number of ether oxygens (including phenoxy) is 1. The molecule has 1 aromatic rings. The van der Waals surface area contributed by atoms with E-state index in [1.165, 1.54) is 11.7 Å². The standard InChI is InChI=1S/C12H18N2O4/c1-9(11(15)17-3)7-5-4-6-8-14-10(2)13-18-12(14)16/h4,6,9H,5,7-8H2,1-3H3/b6-4-/t9-/m1/s1. The molecule has 0 radical (unpaired) electrons. The summed E-state index contributed by atoms with van der Waals surface area (Å²) >= 11 is 0. The van der Waals surface area contributed by atoms with Crippen LogP contribution < -0.4 is 5.76 Å². The molecule has 0 unspecified atom stereocenters. The minimum absolute atomic E-state index is 0.111. The van der Waals surface area contributed by atoms with E-state index in [-0.39, 0.29) is 11.9 Å². The molecule has 1 heterocycles. The number of carbonyl (C=O) groups excluding carboxylic acids is 1. The lowest BCUT2D eigenvalue weighted by Crippen LogP contribution is -2.14. The van der Waals surface area contributed by atoms with E-state index in [2.05, 4.69) is 14.4 Å². The molecule has 0 saturated carbocycles. The number of allylic oxidation sites excluding steroid dienone is 2. The number of hydrogen-bond donors (Lipinski definition) is 0. The van der Waals surface area contributed by atoms with Crippen molar-refractivity contribution in [2.45, 2.75) is 33.2 Å². The number of methoxy groups -OCH3 is 1. The number of carbonyl (C=O) groups is 1. The highest BCUT2D eigenvalue weighted by molar-refractivity contribution is 5.71. The van der Waals surface area contributed by atoms with Gasteiger partial charge in [0.25, 0.3) is 0 Å². The van der Waals surface area contributed by atoms with Crippen molar-refractivity contribution in [2.75, 3.05) is 7.11 Å². The van der Waals surface area contributed by atoms with Gasteiger partial charge in [-0.2, -0.15) is 0 Å². The Morgan fingerprint density at radius 2 is 2.28 bits per heavy atom. The molecule has 6 nitrogen and oxygen atoms in total. The Kier molecular flexibility index (Phi) is 5.35. The van der Waals surface area contributed by atoms with Crippen molar-refractivity contribution in [3.05, 3.63) is 28.5 Å². The Balaban J connectivity index is 2.35. The molecule has 0 N–H and O–H groups in total. The summed E-state index contributed by atoms with van der Waals surface area (Å²) in [4.78, 5) is 22.3. The number of aryl methyl sites for hydroxylation is 1. The van der Waals surface area contributed by atoms with Crippen molar-refractivity contribution >= 4 is 5.97 Å². The van der Waals surface area contributed by atoms with Crippen LogP contribution in [0.2, 0.25) is 0 Å². The van der Waals surface area contributed by atoms with Gasteiger partial charge in [-0.25, -0.2) is 4.79 Å². The lowest BCUT2D eigenvalue weighted by atomic mass is 10.1. The predicted molar refractivity (Wildman–Crippen MR) is 65.1 cm³/mol. The van der Waals surface area contributed by atoms with Crippen molar-refractivity contribution in [2.24, 2.45) is 5.92 Å². The average Bonchev–Trinajstić information content (AvgIpc) is 2.68. The predicted octanol–water partition coefficient (Wildman–Crippen LogP) is 1.29. The molecular formula is C12H18N2O4. The first-order chi connectivity index (χ1) is 8.56. The fourth-order valence-electron chi connectivity index (χ4n) is 1.51. The van der Waals surface area contributed by atoms with E-state index in [1.54, 1.807) is 6.92 Å². The molecule has 0 aliphatic rings. The second-order valence-electron chi connectivity index (χ2n) is 4.08. The van der Waals surface area contributed by atoms with Gasteiger partial charge in [-0.3, -0.25) is 13.9 Å². The van der Waals surface area contributed by atoms with E-state index in [4.69, 9.17) is 0 Å². The molecule has 1 aromatic heterocycles. The van der Waals surface area contributed by atoms with Gasteiger partial charge in [-0.15, -0.1) is 0 Å². The number of aromatic nitrogens is 2. The minimum atomic E-state index is -0.458. The van der Waals surface area contributed by atoms with Gasteiger partial charge in [0.1, 0.15) is 0 Å². The average molecular weight is 254 g/mol. The SMILES string of the molecule is COC(=O)[C@H](C)CC/C=C\Cn1c(C)noc1=O. The van der Waals surface area contributed by atoms with Gasteiger partial charge in [0.2, 0.25) is 0 Å². The lowest BCUT2D eigenvalue weighted by molar-refractivity contribution is -0.144. The van der Waals surface area contributed by atoms with Crippen molar-refractivity contribution < 1.29 is 14.1 Å². The van der Waals surface area contributed by atoms with Crippen LogP contribution in [0.15, 0.2) is 21.5 Å². The molecule has 0 amide bonds. The molecule has 18 heavy (non-hydrogen) atoms. The highest BCUT2D eigenvalue weighted by atomic mass is 16.5. The second kappa shape index (κ2) is 6.78. The Morgan fingerprint density at radius 3 is 2.83 bits per heavy atom. The first-order valence-corrected chi connectivity index (χ1v) is 5.82. The summed E-state index contributed by atoms with van der Waals surface area (Å²) in [5, 5.41) is 3.56. The van der Waals surface area contributed by atoms with Gasteiger partial charge in [-0.1, -0.05) is 24.2 Å². The Bertz CT molecular complexity index is 473. The van der Waals surface area contributed by atoms with Crippen LogP contribution in [-0.2, 0) is 16.1 Å². The monoisotopic (exact) mass is 254 g/mol. The van der Waals surface area contributed by atoms with Crippen LogP contribution in [0, 0.1) is 12.8 Å². The summed E-state index contributed by atoms with van der Waals surface area (Å²) in [6.45, 7) is 3.97. The van der Waals surface area contributed by atoms with Crippen molar-refractivity contribution in [1.29, 1.82) is 0 Å². The van der Waals surface area contributed by atoms with Crippen molar-refractivity contribution in [3.63, 3.8) is 0 Å². The van der Waals surface area contributed by atoms with Crippen LogP contribution in [-0.4, -0.2) is 22.8 Å². The maximum atomic E-state index is 11.2. The first-order valence-electron chi connectivity index (χ1n) is 5.82. The zero-order chi connectivity index (χ0) is 13.5.